The number of nitriles is 1. The lowest BCUT2D eigenvalue weighted by Gasteiger charge is -2.03. The zero-order valence-electron chi connectivity index (χ0n) is 7.59. The van der Waals surface area contributed by atoms with Crippen LogP contribution in [0.25, 0.3) is 0 Å². The number of allylic oxidation sites excluding steroid dienone is 1. The number of hydrogen-bond acceptors (Lipinski definition) is 2. The van der Waals surface area contributed by atoms with Crippen molar-refractivity contribution >= 4 is 5.97 Å². The van der Waals surface area contributed by atoms with Crippen molar-refractivity contribution in [2.24, 2.45) is 5.92 Å². The molecule has 0 unspecified atom stereocenters. The minimum atomic E-state index is -1.01. The Balaban J connectivity index is 4.66. The van der Waals surface area contributed by atoms with Crippen LogP contribution in [0, 0.1) is 17.2 Å². The Morgan fingerprint density at radius 1 is 1.58 bits per heavy atom. The number of aliphatic carboxylic acids is 1. The van der Waals surface area contributed by atoms with Crippen LogP contribution in [0.1, 0.15) is 27.2 Å². The van der Waals surface area contributed by atoms with Crippen LogP contribution in [0.2, 0.25) is 0 Å². The van der Waals surface area contributed by atoms with Gasteiger partial charge in [0.15, 0.2) is 0 Å². The third-order valence-electron chi connectivity index (χ3n) is 1.52. The first-order chi connectivity index (χ1) is 5.49. The van der Waals surface area contributed by atoms with E-state index in [-0.39, 0.29) is 5.57 Å². The zero-order valence-corrected chi connectivity index (χ0v) is 7.59. The van der Waals surface area contributed by atoms with E-state index in [0.29, 0.717) is 17.9 Å². The number of nitrogens with zero attached hydrogens (tertiary/aromatic N) is 1. The lowest BCUT2D eigenvalue weighted by Crippen LogP contribution is -2.02. The molecule has 0 saturated carbocycles. The molecule has 12 heavy (non-hydrogen) atoms. The third-order valence-corrected chi connectivity index (χ3v) is 1.52. The van der Waals surface area contributed by atoms with E-state index < -0.39 is 5.97 Å². The van der Waals surface area contributed by atoms with Crippen LogP contribution in [0.5, 0.6) is 0 Å². The van der Waals surface area contributed by atoms with E-state index in [0.717, 1.165) is 0 Å². The predicted octanol–water partition coefficient (Wildman–Crippen LogP) is 1.96. The Kier molecular flexibility index (Phi) is 4.06. The van der Waals surface area contributed by atoms with E-state index in [4.69, 9.17) is 10.4 Å². The Morgan fingerprint density at radius 2 is 2.08 bits per heavy atom. The molecule has 0 aromatic carbocycles. The van der Waals surface area contributed by atoms with Gasteiger partial charge in [0.25, 0.3) is 0 Å². The maximum absolute atomic E-state index is 10.5. The van der Waals surface area contributed by atoms with Gasteiger partial charge in [0.1, 0.15) is 0 Å². The Hall–Kier alpha value is -1.30. The van der Waals surface area contributed by atoms with Crippen molar-refractivity contribution in [2.45, 2.75) is 27.2 Å². The van der Waals surface area contributed by atoms with Crippen molar-refractivity contribution in [3.05, 3.63) is 11.1 Å². The van der Waals surface area contributed by atoms with E-state index >= 15 is 0 Å². The van der Waals surface area contributed by atoms with Gasteiger partial charge >= 0.3 is 5.97 Å². The summed E-state index contributed by atoms with van der Waals surface area (Å²) in [5, 5.41) is 17.2. The molecular weight excluding hydrogens is 154 g/mol. The van der Waals surface area contributed by atoms with Gasteiger partial charge in [-0.1, -0.05) is 13.8 Å². The molecule has 0 atom stereocenters. The lowest BCUT2D eigenvalue weighted by atomic mass is 10.00. The minimum Gasteiger partial charge on any atom is -0.478 e. The molecule has 0 bridgehead atoms. The Morgan fingerprint density at radius 3 is 2.33 bits per heavy atom. The summed E-state index contributed by atoms with van der Waals surface area (Å²) in [5.74, 6) is -0.693. The highest BCUT2D eigenvalue weighted by Gasteiger charge is 2.09. The van der Waals surface area contributed by atoms with Crippen molar-refractivity contribution in [1.82, 2.24) is 0 Å². The Bertz CT molecular complexity index is 246. The van der Waals surface area contributed by atoms with Gasteiger partial charge in [0, 0.05) is 11.1 Å². The largest absolute Gasteiger partial charge is 0.478 e. The average Bonchev–Trinajstić information content (AvgIpc) is 1.98. The Labute approximate surface area is 72.3 Å². The van der Waals surface area contributed by atoms with Gasteiger partial charge in [-0.15, -0.1) is 0 Å². The highest BCUT2D eigenvalue weighted by Crippen LogP contribution is 2.13. The summed E-state index contributed by atoms with van der Waals surface area (Å²) >= 11 is 0. The van der Waals surface area contributed by atoms with Crippen LogP contribution < -0.4 is 0 Å². The van der Waals surface area contributed by atoms with E-state index in [9.17, 15) is 4.79 Å². The molecule has 0 fully saturated rings. The molecule has 3 heteroatoms. The van der Waals surface area contributed by atoms with Crippen LogP contribution in [0.3, 0.4) is 0 Å². The molecule has 0 spiro atoms. The van der Waals surface area contributed by atoms with Gasteiger partial charge in [-0.25, -0.2) is 4.79 Å². The van der Waals surface area contributed by atoms with Crippen LogP contribution in [-0.4, -0.2) is 11.1 Å². The number of hydrogen-bond donors (Lipinski definition) is 1. The fraction of sp³-hybridized carbons (Fsp3) is 0.556. The maximum Gasteiger partial charge on any atom is 0.332 e. The first-order valence-electron chi connectivity index (χ1n) is 3.82. The van der Waals surface area contributed by atoms with Gasteiger partial charge < -0.3 is 5.11 Å². The van der Waals surface area contributed by atoms with Crippen LogP contribution >= 0.6 is 0 Å². The zero-order chi connectivity index (χ0) is 9.72. The molecule has 0 saturated heterocycles. The quantitative estimate of drug-likeness (QED) is 0.516. The fourth-order valence-corrected chi connectivity index (χ4v) is 0.820. The second-order valence-electron chi connectivity index (χ2n) is 3.12. The maximum atomic E-state index is 10.5. The van der Waals surface area contributed by atoms with Crippen molar-refractivity contribution in [2.75, 3.05) is 0 Å². The summed E-state index contributed by atoms with van der Waals surface area (Å²) in [5.41, 5.74) is 0.531. The molecule has 0 aliphatic carbocycles. The van der Waals surface area contributed by atoms with Gasteiger partial charge in [-0.05, 0) is 19.3 Å². The lowest BCUT2D eigenvalue weighted by molar-refractivity contribution is -0.132. The number of carbonyl (C=O) groups is 1. The second-order valence-corrected chi connectivity index (χ2v) is 3.12. The van der Waals surface area contributed by atoms with E-state index in [1.165, 1.54) is 6.92 Å². The molecule has 3 nitrogen and oxygen atoms in total. The van der Waals surface area contributed by atoms with Crippen molar-refractivity contribution in [3.63, 3.8) is 0 Å². The molecule has 0 aliphatic heterocycles. The molecule has 0 aromatic heterocycles. The SMILES string of the molecule is CC(C(=O)O)=C(C#N)CC(C)C. The van der Waals surface area contributed by atoms with Crippen LogP contribution in [0.15, 0.2) is 11.1 Å². The van der Waals surface area contributed by atoms with E-state index in [1.807, 2.05) is 19.9 Å². The highest BCUT2D eigenvalue weighted by molar-refractivity contribution is 5.87. The van der Waals surface area contributed by atoms with Crippen molar-refractivity contribution in [1.29, 1.82) is 5.26 Å². The van der Waals surface area contributed by atoms with Crippen molar-refractivity contribution in [3.8, 4) is 6.07 Å². The topological polar surface area (TPSA) is 61.1 Å². The number of carboxylic acid groups (broad SMARTS) is 1. The summed E-state index contributed by atoms with van der Waals surface area (Å²) < 4.78 is 0. The minimum absolute atomic E-state index is 0.159. The first kappa shape index (κ1) is 10.7. The number of rotatable bonds is 3. The highest BCUT2D eigenvalue weighted by atomic mass is 16.4. The van der Waals surface area contributed by atoms with Gasteiger partial charge in [0.05, 0.1) is 6.07 Å². The molecule has 66 valence electrons. The van der Waals surface area contributed by atoms with E-state index in [1.54, 1.807) is 0 Å². The van der Waals surface area contributed by atoms with Gasteiger partial charge in [-0.2, -0.15) is 5.26 Å². The van der Waals surface area contributed by atoms with Crippen LogP contribution in [0.4, 0.5) is 0 Å². The second kappa shape index (κ2) is 4.55. The number of carboxylic acids is 1. The molecule has 0 aliphatic rings. The summed E-state index contributed by atoms with van der Waals surface area (Å²) in [6.45, 7) is 5.36. The normalized spacial score (nSPS) is 12.2. The van der Waals surface area contributed by atoms with Crippen LogP contribution in [-0.2, 0) is 4.79 Å². The summed E-state index contributed by atoms with van der Waals surface area (Å²) in [7, 11) is 0. The summed E-state index contributed by atoms with van der Waals surface area (Å²) in [6, 6.07) is 1.91. The standard InChI is InChI=1S/C9H13NO2/c1-6(2)4-8(5-10)7(3)9(11)12/h6H,4H2,1-3H3,(H,11,12). The third kappa shape index (κ3) is 3.20. The van der Waals surface area contributed by atoms with Crippen molar-refractivity contribution < 1.29 is 9.90 Å². The molecular formula is C9H13NO2. The molecule has 0 rings (SSSR count). The molecule has 0 aromatic rings. The molecule has 0 radical (unpaired) electrons. The first-order valence-corrected chi connectivity index (χ1v) is 3.82. The average molecular weight is 167 g/mol. The monoisotopic (exact) mass is 167 g/mol. The predicted molar refractivity (Wildman–Crippen MR) is 45.4 cm³/mol. The van der Waals surface area contributed by atoms with Gasteiger partial charge in [0.2, 0.25) is 0 Å². The summed E-state index contributed by atoms with van der Waals surface area (Å²) in [4.78, 5) is 10.5. The van der Waals surface area contributed by atoms with E-state index in [2.05, 4.69) is 0 Å². The fourth-order valence-electron chi connectivity index (χ4n) is 0.820. The molecule has 0 heterocycles. The molecule has 0 amide bonds. The molecule has 1 N–H and O–H groups in total. The van der Waals surface area contributed by atoms with Gasteiger partial charge in [-0.3, -0.25) is 0 Å². The smallest absolute Gasteiger partial charge is 0.332 e. The summed E-state index contributed by atoms with van der Waals surface area (Å²) in [6.07, 6.45) is 0.536.